The molecule has 1 saturated heterocycles. The molecule has 0 spiro atoms. The van der Waals surface area contributed by atoms with E-state index in [0.29, 0.717) is 0 Å². The van der Waals surface area contributed by atoms with Crippen LogP contribution >= 0.6 is 0 Å². The Balaban J connectivity index is 2.53. The van der Waals surface area contributed by atoms with E-state index in [2.05, 4.69) is 5.97 Å². The summed E-state index contributed by atoms with van der Waals surface area (Å²) in [5, 5.41) is 8.46. The van der Waals surface area contributed by atoms with Crippen LogP contribution in [0.25, 0.3) is 0 Å². The van der Waals surface area contributed by atoms with Gasteiger partial charge in [0.2, 0.25) is 0 Å². The highest BCUT2D eigenvalue weighted by Crippen LogP contribution is 2.27. The van der Waals surface area contributed by atoms with Crippen molar-refractivity contribution in [3.05, 3.63) is 0 Å². The molecular weight excluding hydrogens is 113 g/mol. The average Bonchev–Trinajstić information content (AvgIpc) is 2.33. The molecule has 0 aromatic carbocycles. The van der Waals surface area contributed by atoms with Crippen molar-refractivity contribution in [1.82, 2.24) is 0 Å². The van der Waals surface area contributed by atoms with Gasteiger partial charge in [-0.3, -0.25) is 0 Å². The van der Waals surface area contributed by atoms with Gasteiger partial charge in [0.15, 0.2) is 0 Å². The molecule has 1 fully saturated rings. The summed E-state index contributed by atoms with van der Waals surface area (Å²) in [5.74, 6) is 2.17. The van der Waals surface area contributed by atoms with E-state index in [1.165, 1.54) is 0 Å². The smallest absolute Gasteiger partial charge is 0.278 e. The van der Waals surface area contributed by atoms with Crippen molar-refractivity contribution in [2.75, 3.05) is 0 Å². The predicted molar refractivity (Wildman–Crippen MR) is 35.2 cm³/mol. The molecule has 0 N–H and O–H groups in total. The van der Waals surface area contributed by atoms with Crippen LogP contribution in [0.4, 0.5) is 0 Å². The summed E-state index contributed by atoms with van der Waals surface area (Å²) in [6, 6.07) is 0. The lowest BCUT2D eigenvalue weighted by molar-refractivity contribution is -0.107. The van der Waals surface area contributed by atoms with E-state index >= 15 is 0 Å². The van der Waals surface area contributed by atoms with Crippen molar-refractivity contribution in [3.8, 4) is 5.97 Å². The Morgan fingerprint density at radius 1 is 1.78 bits per heavy atom. The van der Waals surface area contributed by atoms with E-state index in [0.717, 1.165) is 25.4 Å². The minimum Gasteiger partial charge on any atom is -0.304 e. The van der Waals surface area contributed by atoms with Gasteiger partial charge in [-0.05, 0) is 6.42 Å². The fourth-order valence-corrected chi connectivity index (χ4v) is 1.31. The Labute approximate surface area is 54.9 Å². The van der Waals surface area contributed by atoms with Gasteiger partial charge in [-0.1, -0.05) is 12.7 Å². The molecule has 0 amide bonds. The first-order valence-corrected chi connectivity index (χ1v) is 3.23. The molecule has 1 rings (SSSR count). The van der Waals surface area contributed by atoms with E-state index in [1.807, 2.05) is 0 Å². The molecule has 1 unspecified atom stereocenters. The Hall–Kier alpha value is -0.775. The van der Waals surface area contributed by atoms with Crippen LogP contribution in [0.15, 0.2) is 0 Å². The Morgan fingerprint density at radius 2 is 2.56 bits per heavy atom. The van der Waals surface area contributed by atoms with Gasteiger partial charge in [-0.15, -0.1) is 0 Å². The molecule has 0 aromatic rings. The van der Waals surface area contributed by atoms with Crippen LogP contribution < -0.4 is 0 Å². The molecule has 0 bridgehead atoms. The highest BCUT2D eigenvalue weighted by Gasteiger charge is 2.30. The third kappa shape index (κ3) is 1.13. The number of rotatable bonds is 1. The number of carbonyl (C=O) groups is 1. The Kier molecular flexibility index (Phi) is 1.89. The summed E-state index contributed by atoms with van der Waals surface area (Å²) in [6.07, 6.45) is 3.80. The van der Waals surface area contributed by atoms with Crippen molar-refractivity contribution in [3.63, 3.8) is 0 Å². The molecule has 46 valence electrons. The Bertz CT molecular complexity index is 152. The number of nitriles is 1. The van der Waals surface area contributed by atoms with Crippen molar-refractivity contribution in [1.29, 1.82) is 5.26 Å². The molecule has 9 heavy (non-hydrogen) atoms. The van der Waals surface area contributed by atoms with E-state index in [-0.39, 0.29) is 12.5 Å². The SMILES string of the molecule is N#CB1CCCC1C=O. The third-order valence-corrected chi connectivity index (χ3v) is 1.91. The van der Waals surface area contributed by atoms with Gasteiger partial charge in [0, 0.05) is 11.8 Å². The number of nitrogens with zero attached hydrogens (tertiary/aromatic N) is 1. The van der Waals surface area contributed by atoms with Crippen LogP contribution in [0.2, 0.25) is 12.1 Å². The summed E-state index contributed by atoms with van der Waals surface area (Å²) >= 11 is 0. The molecule has 0 aliphatic carbocycles. The fourth-order valence-electron chi connectivity index (χ4n) is 1.31. The minimum absolute atomic E-state index is 0.0162. The number of hydrogen-bond acceptors (Lipinski definition) is 2. The second-order valence-corrected chi connectivity index (χ2v) is 2.47. The molecule has 1 aliphatic rings. The molecule has 0 saturated carbocycles. The first-order chi connectivity index (χ1) is 4.38. The maximum Gasteiger partial charge on any atom is 0.278 e. The lowest BCUT2D eigenvalue weighted by Gasteiger charge is -1.96. The van der Waals surface area contributed by atoms with Crippen LogP contribution in [-0.4, -0.2) is 13.0 Å². The second-order valence-electron chi connectivity index (χ2n) is 2.47. The average molecular weight is 121 g/mol. The van der Waals surface area contributed by atoms with Gasteiger partial charge in [0.05, 0.1) is 0 Å². The van der Waals surface area contributed by atoms with Gasteiger partial charge < -0.3 is 4.79 Å². The summed E-state index contributed by atoms with van der Waals surface area (Å²) in [5.41, 5.74) is 0. The highest BCUT2D eigenvalue weighted by atomic mass is 16.1. The van der Waals surface area contributed by atoms with Gasteiger partial charge in [-0.25, -0.2) is 5.26 Å². The van der Waals surface area contributed by atoms with Crippen LogP contribution in [0.1, 0.15) is 12.8 Å². The zero-order chi connectivity index (χ0) is 6.69. The zero-order valence-corrected chi connectivity index (χ0v) is 5.21. The summed E-state index contributed by atoms with van der Waals surface area (Å²) < 4.78 is 0. The van der Waals surface area contributed by atoms with Crippen molar-refractivity contribution in [2.24, 2.45) is 0 Å². The quantitative estimate of drug-likeness (QED) is 0.382. The van der Waals surface area contributed by atoms with E-state index in [1.54, 1.807) is 0 Å². The highest BCUT2D eigenvalue weighted by molar-refractivity contribution is 6.71. The maximum absolute atomic E-state index is 10.2. The van der Waals surface area contributed by atoms with Crippen molar-refractivity contribution >= 4 is 13.0 Å². The predicted octanol–water partition coefficient (Wildman–Crippen LogP) is 0.907. The molecule has 0 radical (unpaired) electrons. The van der Waals surface area contributed by atoms with Crippen LogP contribution in [-0.2, 0) is 4.79 Å². The van der Waals surface area contributed by atoms with E-state index in [9.17, 15) is 4.79 Å². The van der Waals surface area contributed by atoms with Crippen LogP contribution in [0.3, 0.4) is 0 Å². The van der Waals surface area contributed by atoms with Crippen LogP contribution in [0, 0.1) is 11.2 Å². The van der Waals surface area contributed by atoms with Gasteiger partial charge in [0.25, 0.3) is 6.71 Å². The van der Waals surface area contributed by atoms with Crippen LogP contribution in [0.5, 0.6) is 0 Å². The van der Waals surface area contributed by atoms with E-state index in [4.69, 9.17) is 5.26 Å². The zero-order valence-electron chi connectivity index (χ0n) is 5.21. The normalized spacial score (nSPS) is 25.7. The molecule has 1 heterocycles. The summed E-state index contributed by atoms with van der Waals surface area (Å²) in [4.78, 5) is 10.2. The standard InChI is InChI=1S/C6H8BNO/c8-5-7-3-1-2-6(7)4-9/h4,6H,1-3H2. The first-order valence-electron chi connectivity index (χ1n) is 3.23. The van der Waals surface area contributed by atoms with Crippen molar-refractivity contribution < 1.29 is 4.79 Å². The third-order valence-electron chi connectivity index (χ3n) is 1.91. The Morgan fingerprint density at radius 3 is 3.00 bits per heavy atom. The van der Waals surface area contributed by atoms with Gasteiger partial charge in [0.1, 0.15) is 6.29 Å². The second kappa shape index (κ2) is 2.68. The number of carbonyl (C=O) groups excluding carboxylic acids is 1. The molecular formula is C6H8BNO. The largest absolute Gasteiger partial charge is 0.304 e. The minimum atomic E-state index is 0.0162. The molecule has 1 aliphatic heterocycles. The monoisotopic (exact) mass is 121 g/mol. The fraction of sp³-hybridized carbons (Fsp3) is 0.667. The summed E-state index contributed by atoms with van der Waals surface area (Å²) in [6.45, 7) is 0.0162. The van der Waals surface area contributed by atoms with Gasteiger partial charge >= 0.3 is 0 Å². The lowest BCUT2D eigenvalue weighted by Crippen LogP contribution is -2.12. The maximum atomic E-state index is 10.2. The molecule has 3 heteroatoms. The first kappa shape index (κ1) is 6.35. The molecule has 1 atom stereocenters. The topological polar surface area (TPSA) is 40.9 Å². The lowest BCUT2D eigenvalue weighted by atomic mass is 9.44. The van der Waals surface area contributed by atoms with Crippen molar-refractivity contribution in [2.45, 2.75) is 25.0 Å². The summed E-state index contributed by atoms with van der Waals surface area (Å²) in [7, 11) is 0. The van der Waals surface area contributed by atoms with Gasteiger partial charge in [-0.2, -0.15) is 0 Å². The molecule has 2 nitrogen and oxygen atoms in total. The number of hydrogen-bond donors (Lipinski definition) is 0. The number of aldehydes is 1. The molecule has 0 aromatic heterocycles. The van der Waals surface area contributed by atoms with E-state index < -0.39 is 0 Å².